The predicted molar refractivity (Wildman–Crippen MR) is 85.2 cm³/mol. The van der Waals surface area contributed by atoms with Gasteiger partial charge >= 0.3 is 0 Å². The van der Waals surface area contributed by atoms with Gasteiger partial charge in [0.1, 0.15) is 5.75 Å². The largest absolute Gasteiger partial charge is 0.493 e. The summed E-state index contributed by atoms with van der Waals surface area (Å²) < 4.78 is 5.67. The van der Waals surface area contributed by atoms with Crippen molar-refractivity contribution in [1.29, 1.82) is 0 Å². The third-order valence-corrected chi connectivity index (χ3v) is 3.90. The summed E-state index contributed by atoms with van der Waals surface area (Å²) in [5.74, 6) is 0.527. The molecule has 1 heterocycles. The van der Waals surface area contributed by atoms with E-state index in [-0.39, 0.29) is 11.1 Å². The zero-order valence-electron chi connectivity index (χ0n) is 12.3. The van der Waals surface area contributed by atoms with Gasteiger partial charge in [0.25, 0.3) is 11.1 Å². The SMILES string of the molecule is CCCOc1ccccc1/C=C1/SC(=O)N(CCC)C1=O. The van der Waals surface area contributed by atoms with Crippen LogP contribution in [0.3, 0.4) is 0 Å². The van der Waals surface area contributed by atoms with E-state index >= 15 is 0 Å². The lowest BCUT2D eigenvalue weighted by Gasteiger charge is -2.10. The van der Waals surface area contributed by atoms with Crippen LogP contribution in [0.15, 0.2) is 29.2 Å². The van der Waals surface area contributed by atoms with Gasteiger partial charge in [-0.25, -0.2) is 0 Å². The van der Waals surface area contributed by atoms with Crippen LogP contribution in [0, 0.1) is 0 Å². The number of para-hydroxylation sites is 1. The number of hydrogen-bond donors (Lipinski definition) is 0. The molecule has 0 N–H and O–H groups in total. The second-order valence-corrected chi connectivity index (χ2v) is 5.71. The molecule has 1 aromatic carbocycles. The molecule has 2 amide bonds. The Morgan fingerprint density at radius 3 is 2.67 bits per heavy atom. The van der Waals surface area contributed by atoms with Crippen LogP contribution in [0.25, 0.3) is 6.08 Å². The summed E-state index contributed by atoms with van der Waals surface area (Å²) in [6, 6.07) is 7.54. The number of carbonyl (C=O) groups excluding carboxylic acids is 2. The monoisotopic (exact) mass is 305 g/mol. The lowest BCUT2D eigenvalue weighted by Crippen LogP contribution is -2.28. The fourth-order valence-corrected chi connectivity index (χ4v) is 2.86. The van der Waals surface area contributed by atoms with Gasteiger partial charge in [-0.1, -0.05) is 32.0 Å². The van der Waals surface area contributed by atoms with Crippen molar-refractivity contribution in [2.45, 2.75) is 26.7 Å². The maximum absolute atomic E-state index is 12.2. The first kappa shape index (κ1) is 15.6. The molecule has 1 aromatic rings. The predicted octanol–water partition coefficient (Wildman–Crippen LogP) is 3.92. The van der Waals surface area contributed by atoms with Gasteiger partial charge < -0.3 is 4.74 Å². The average Bonchev–Trinajstić information content (AvgIpc) is 2.74. The molecule has 1 aliphatic heterocycles. The van der Waals surface area contributed by atoms with Crippen molar-refractivity contribution >= 4 is 29.0 Å². The third-order valence-electron chi connectivity index (χ3n) is 2.99. The molecule has 0 spiro atoms. The Balaban J connectivity index is 2.24. The minimum absolute atomic E-state index is 0.194. The molecule has 5 heteroatoms. The Labute approximate surface area is 129 Å². The van der Waals surface area contributed by atoms with Crippen molar-refractivity contribution in [3.63, 3.8) is 0 Å². The van der Waals surface area contributed by atoms with Crippen molar-refractivity contribution in [3.05, 3.63) is 34.7 Å². The molecule has 1 fully saturated rings. The normalized spacial score (nSPS) is 16.9. The number of hydrogen-bond acceptors (Lipinski definition) is 4. The summed E-state index contributed by atoms with van der Waals surface area (Å²) in [4.78, 5) is 25.8. The number of ether oxygens (including phenoxy) is 1. The van der Waals surface area contributed by atoms with Crippen LogP contribution in [-0.4, -0.2) is 29.2 Å². The molecule has 0 bridgehead atoms. The fourth-order valence-electron chi connectivity index (χ4n) is 2.00. The Kier molecular flexibility index (Phi) is 5.44. The summed E-state index contributed by atoms with van der Waals surface area (Å²) in [5, 5.41) is -0.194. The zero-order valence-corrected chi connectivity index (χ0v) is 13.1. The standard InChI is InChI=1S/C16H19NO3S/c1-3-9-17-15(18)14(21-16(17)19)11-12-7-5-6-8-13(12)20-10-4-2/h5-8,11H,3-4,9-10H2,1-2H3/b14-11+. The van der Waals surface area contributed by atoms with Crippen LogP contribution < -0.4 is 4.74 Å². The van der Waals surface area contributed by atoms with Crippen molar-refractivity contribution in [1.82, 2.24) is 4.90 Å². The van der Waals surface area contributed by atoms with Crippen molar-refractivity contribution in [2.24, 2.45) is 0 Å². The van der Waals surface area contributed by atoms with Crippen molar-refractivity contribution in [3.8, 4) is 5.75 Å². The maximum atomic E-state index is 12.2. The highest BCUT2D eigenvalue weighted by atomic mass is 32.2. The third kappa shape index (κ3) is 3.67. The lowest BCUT2D eigenvalue weighted by atomic mass is 10.2. The minimum atomic E-state index is -0.211. The highest BCUT2D eigenvalue weighted by molar-refractivity contribution is 8.18. The summed E-state index contributed by atoms with van der Waals surface area (Å²) in [7, 11) is 0. The number of amides is 2. The topological polar surface area (TPSA) is 46.6 Å². The molecule has 1 aliphatic rings. The van der Waals surface area contributed by atoms with Crippen LogP contribution >= 0.6 is 11.8 Å². The highest BCUT2D eigenvalue weighted by Gasteiger charge is 2.34. The summed E-state index contributed by atoms with van der Waals surface area (Å²) in [5.41, 5.74) is 0.827. The first-order chi connectivity index (χ1) is 10.2. The van der Waals surface area contributed by atoms with Gasteiger partial charge in [-0.05, 0) is 36.7 Å². The van der Waals surface area contributed by atoms with Crippen LogP contribution in [0.1, 0.15) is 32.3 Å². The second-order valence-electron chi connectivity index (χ2n) is 4.72. The number of benzene rings is 1. The van der Waals surface area contributed by atoms with Gasteiger partial charge in [0.2, 0.25) is 0 Å². The molecular weight excluding hydrogens is 286 g/mol. The molecule has 0 unspecified atom stereocenters. The summed E-state index contributed by atoms with van der Waals surface area (Å²) in [6.07, 6.45) is 3.43. The second kappa shape index (κ2) is 7.31. The quantitative estimate of drug-likeness (QED) is 0.747. The van der Waals surface area contributed by atoms with Crippen LogP contribution in [0.2, 0.25) is 0 Å². The van der Waals surface area contributed by atoms with Crippen molar-refractivity contribution < 1.29 is 14.3 Å². The molecule has 0 aliphatic carbocycles. The van der Waals surface area contributed by atoms with Gasteiger partial charge in [-0.15, -0.1) is 0 Å². The molecule has 0 atom stereocenters. The van der Waals surface area contributed by atoms with Crippen molar-refractivity contribution in [2.75, 3.05) is 13.2 Å². The number of imide groups is 1. The number of carbonyl (C=O) groups is 2. The van der Waals surface area contributed by atoms with E-state index in [4.69, 9.17) is 4.74 Å². The fraction of sp³-hybridized carbons (Fsp3) is 0.375. The Bertz CT molecular complexity index is 568. The zero-order chi connectivity index (χ0) is 15.2. The lowest BCUT2D eigenvalue weighted by molar-refractivity contribution is -0.122. The van der Waals surface area contributed by atoms with Gasteiger partial charge in [-0.2, -0.15) is 0 Å². The Hall–Kier alpha value is -1.75. The van der Waals surface area contributed by atoms with Gasteiger partial charge in [0, 0.05) is 12.1 Å². The van der Waals surface area contributed by atoms with E-state index in [1.807, 2.05) is 38.1 Å². The van der Waals surface area contributed by atoms with Gasteiger partial charge in [0.05, 0.1) is 11.5 Å². The first-order valence-electron chi connectivity index (χ1n) is 7.14. The molecular formula is C16H19NO3S. The highest BCUT2D eigenvalue weighted by Crippen LogP contribution is 2.33. The van der Waals surface area contributed by atoms with Crippen LogP contribution in [0.5, 0.6) is 5.75 Å². The van der Waals surface area contributed by atoms with E-state index in [0.717, 1.165) is 35.9 Å². The maximum Gasteiger partial charge on any atom is 0.293 e. The van der Waals surface area contributed by atoms with Crippen LogP contribution in [-0.2, 0) is 4.79 Å². The van der Waals surface area contributed by atoms with Gasteiger partial charge in [0.15, 0.2) is 0 Å². The molecule has 4 nitrogen and oxygen atoms in total. The molecule has 1 saturated heterocycles. The Morgan fingerprint density at radius 1 is 1.19 bits per heavy atom. The Morgan fingerprint density at radius 2 is 1.95 bits per heavy atom. The number of rotatable bonds is 6. The molecule has 21 heavy (non-hydrogen) atoms. The van der Waals surface area contributed by atoms with E-state index in [1.54, 1.807) is 6.08 Å². The molecule has 0 aromatic heterocycles. The summed E-state index contributed by atoms with van der Waals surface area (Å²) in [6.45, 7) is 5.08. The first-order valence-corrected chi connectivity index (χ1v) is 7.96. The minimum Gasteiger partial charge on any atom is -0.493 e. The number of thioether (sulfide) groups is 1. The molecule has 112 valence electrons. The van der Waals surface area contributed by atoms with Crippen LogP contribution in [0.4, 0.5) is 4.79 Å². The summed E-state index contributed by atoms with van der Waals surface area (Å²) >= 11 is 0.992. The van der Waals surface area contributed by atoms with E-state index in [0.29, 0.717) is 18.1 Å². The van der Waals surface area contributed by atoms with Gasteiger partial charge in [-0.3, -0.25) is 14.5 Å². The molecule has 0 radical (unpaired) electrons. The van der Waals surface area contributed by atoms with E-state index in [9.17, 15) is 9.59 Å². The molecule has 0 saturated carbocycles. The molecule has 2 rings (SSSR count). The van der Waals surface area contributed by atoms with E-state index in [1.165, 1.54) is 4.90 Å². The van der Waals surface area contributed by atoms with E-state index < -0.39 is 0 Å². The average molecular weight is 305 g/mol. The van der Waals surface area contributed by atoms with E-state index in [2.05, 4.69) is 0 Å². The smallest absolute Gasteiger partial charge is 0.293 e. The number of nitrogens with zero attached hydrogens (tertiary/aromatic N) is 1.